The highest BCUT2D eigenvalue weighted by molar-refractivity contribution is 5.97. The van der Waals surface area contributed by atoms with Gasteiger partial charge in [0.05, 0.1) is 0 Å². The number of hydrogen-bond acceptors (Lipinski definition) is 5. The van der Waals surface area contributed by atoms with E-state index in [0.29, 0.717) is 33.9 Å². The Morgan fingerprint density at radius 1 is 1.04 bits per heavy atom. The lowest BCUT2D eigenvalue weighted by atomic mass is 10.1. The molecule has 1 N–H and O–H groups in total. The van der Waals surface area contributed by atoms with Crippen molar-refractivity contribution in [2.24, 2.45) is 0 Å². The van der Waals surface area contributed by atoms with Crippen LogP contribution in [0.1, 0.15) is 44.7 Å². The quantitative estimate of drug-likeness (QED) is 0.672. The molecule has 0 saturated carbocycles. The summed E-state index contributed by atoms with van der Waals surface area (Å²) in [6.07, 6.45) is 0. The number of ether oxygens (including phenoxy) is 1. The summed E-state index contributed by atoms with van der Waals surface area (Å²) in [5.74, 6) is 0.00557. The number of nitrogens with one attached hydrogen (secondary N) is 1. The van der Waals surface area contributed by atoms with Crippen LogP contribution in [0, 0.1) is 20.8 Å². The van der Waals surface area contributed by atoms with Gasteiger partial charge in [-0.1, -0.05) is 0 Å². The number of Topliss-reactive ketones (excluding diaryl/α,β-unsaturated/α-hetero) is 1. The number of aryl methyl sites for hydroxylation is 2. The van der Waals surface area contributed by atoms with Crippen LogP contribution in [0.4, 0.5) is 5.69 Å². The molecule has 2 rings (SSSR count). The molecule has 24 heavy (non-hydrogen) atoms. The topological polar surface area (TPSA) is 85.6 Å². The van der Waals surface area contributed by atoms with Gasteiger partial charge in [-0.3, -0.25) is 9.59 Å². The highest BCUT2D eigenvalue weighted by atomic mass is 16.5. The monoisotopic (exact) mass is 329 g/mol. The number of hydrogen-bond donors (Lipinski definition) is 1. The minimum absolute atomic E-state index is 0.0528. The number of anilines is 1. The molecule has 1 aromatic carbocycles. The number of carbonyl (C=O) groups excluding carboxylic acids is 3. The molecule has 0 aliphatic rings. The first-order chi connectivity index (χ1) is 11.3. The van der Waals surface area contributed by atoms with Gasteiger partial charge in [-0.15, -0.1) is 0 Å². The lowest BCUT2D eigenvalue weighted by molar-refractivity contribution is -0.119. The highest BCUT2D eigenvalue weighted by Gasteiger charge is 2.20. The smallest absolute Gasteiger partial charge is 0.342 e. The summed E-state index contributed by atoms with van der Waals surface area (Å²) in [7, 11) is 0. The number of amides is 1. The van der Waals surface area contributed by atoms with Crippen molar-refractivity contribution < 1.29 is 23.5 Å². The maximum atomic E-state index is 12.1. The van der Waals surface area contributed by atoms with E-state index in [4.69, 9.17) is 9.15 Å². The van der Waals surface area contributed by atoms with Gasteiger partial charge in [-0.05, 0) is 52.0 Å². The molecule has 0 unspecified atom stereocenters. The van der Waals surface area contributed by atoms with E-state index >= 15 is 0 Å². The molecule has 6 heteroatoms. The Bertz CT molecular complexity index is 786. The van der Waals surface area contributed by atoms with Crippen LogP contribution in [-0.4, -0.2) is 24.3 Å². The second kappa shape index (κ2) is 7.12. The maximum absolute atomic E-state index is 12.1. The summed E-state index contributed by atoms with van der Waals surface area (Å²) in [5.41, 5.74) is 2.14. The van der Waals surface area contributed by atoms with Crippen molar-refractivity contribution in [2.75, 3.05) is 11.9 Å². The molecule has 0 bridgehead atoms. The molecule has 1 amide bonds. The summed E-state index contributed by atoms with van der Waals surface area (Å²) in [4.78, 5) is 35.1. The van der Waals surface area contributed by atoms with Gasteiger partial charge in [0.1, 0.15) is 17.1 Å². The first-order valence-corrected chi connectivity index (χ1v) is 7.44. The summed E-state index contributed by atoms with van der Waals surface area (Å²) in [6, 6.07) is 6.46. The highest BCUT2D eigenvalue weighted by Crippen LogP contribution is 2.21. The third-order valence-electron chi connectivity index (χ3n) is 3.68. The van der Waals surface area contributed by atoms with E-state index in [0.717, 1.165) is 0 Å². The van der Waals surface area contributed by atoms with Crippen LogP contribution < -0.4 is 5.32 Å². The molecule has 0 fully saturated rings. The van der Waals surface area contributed by atoms with Crippen molar-refractivity contribution in [3.8, 4) is 0 Å². The van der Waals surface area contributed by atoms with Gasteiger partial charge in [-0.2, -0.15) is 0 Å². The maximum Gasteiger partial charge on any atom is 0.342 e. The summed E-state index contributed by atoms with van der Waals surface area (Å²) in [5, 5.41) is 2.60. The summed E-state index contributed by atoms with van der Waals surface area (Å²) in [6.45, 7) is 6.26. The normalized spacial score (nSPS) is 10.3. The number of rotatable bonds is 5. The summed E-state index contributed by atoms with van der Waals surface area (Å²) >= 11 is 0. The van der Waals surface area contributed by atoms with Crippen LogP contribution in [0.15, 0.2) is 28.7 Å². The fourth-order valence-corrected chi connectivity index (χ4v) is 2.28. The molecule has 0 atom stereocenters. The average Bonchev–Trinajstić information content (AvgIpc) is 2.78. The first kappa shape index (κ1) is 17.5. The van der Waals surface area contributed by atoms with E-state index in [-0.39, 0.29) is 5.78 Å². The Labute approximate surface area is 139 Å². The largest absolute Gasteiger partial charge is 0.465 e. The number of ketones is 1. The van der Waals surface area contributed by atoms with E-state index < -0.39 is 18.5 Å². The standard InChI is InChI=1S/C18H19NO5/c1-10-12(3)24-13(4)17(10)18(22)23-9-16(21)19-15-7-5-14(6-8-15)11(2)20/h5-8H,9H2,1-4H3,(H,19,21). The number of carbonyl (C=O) groups is 3. The fraction of sp³-hybridized carbons (Fsp3) is 0.278. The van der Waals surface area contributed by atoms with Crippen molar-refractivity contribution in [2.45, 2.75) is 27.7 Å². The predicted octanol–water partition coefficient (Wildman–Crippen LogP) is 3.20. The van der Waals surface area contributed by atoms with Gasteiger partial charge in [0.15, 0.2) is 12.4 Å². The number of furan rings is 1. The van der Waals surface area contributed by atoms with Gasteiger partial charge in [0.2, 0.25) is 0 Å². The molecule has 2 aromatic rings. The third kappa shape index (κ3) is 3.90. The molecule has 1 aromatic heterocycles. The van der Waals surface area contributed by atoms with Crippen LogP contribution >= 0.6 is 0 Å². The molecule has 0 aliphatic carbocycles. The SMILES string of the molecule is CC(=O)c1ccc(NC(=O)COC(=O)c2c(C)oc(C)c2C)cc1. The zero-order valence-electron chi connectivity index (χ0n) is 14.1. The van der Waals surface area contributed by atoms with E-state index in [9.17, 15) is 14.4 Å². The van der Waals surface area contributed by atoms with Crippen molar-refractivity contribution in [3.63, 3.8) is 0 Å². The number of esters is 1. The van der Waals surface area contributed by atoms with E-state index in [1.165, 1.54) is 6.92 Å². The van der Waals surface area contributed by atoms with Crippen LogP contribution in [-0.2, 0) is 9.53 Å². The minimum Gasteiger partial charge on any atom is -0.465 e. The zero-order valence-corrected chi connectivity index (χ0v) is 14.1. The van der Waals surface area contributed by atoms with Gasteiger partial charge in [0, 0.05) is 16.8 Å². The average molecular weight is 329 g/mol. The Morgan fingerprint density at radius 2 is 1.67 bits per heavy atom. The summed E-state index contributed by atoms with van der Waals surface area (Å²) < 4.78 is 10.4. The van der Waals surface area contributed by atoms with Gasteiger partial charge in [0.25, 0.3) is 5.91 Å². The Hall–Kier alpha value is -2.89. The second-order valence-electron chi connectivity index (χ2n) is 5.47. The van der Waals surface area contributed by atoms with Gasteiger partial charge in [-0.25, -0.2) is 4.79 Å². The van der Waals surface area contributed by atoms with Crippen LogP contribution in [0.2, 0.25) is 0 Å². The first-order valence-electron chi connectivity index (χ1n) is 7.44. The van der Waals surface area contributed by atoms with Crippen molar-refractivity contribution >= 4 is 23.3 Å². The molecule has 0 radical (unpaired) electrons. The number of benzene rings is 1. The Balaban J connectivity index is 1.93. The van der Waals surface area contributed by atoms with E-state index in [2.05, 4.69) is 5.32 Å². The Kier molecular flexibility index (Phi) is 5.18. The van der Waals surface area contributed by atoms with Crippen molar-refractivity contribution in [1.29, 1.82) is 0 Å². The van der Waals surface area contributed by atoms with Crippen LogP contribution in [0.3, 0.4) is 0 Å². The van der Waals surface area contributed by atoms with Gasteiger partial charge < -0.3 is 14.5 Å². The molecule has 0 saturated heterocycles. The van der Waals surface area contributed by atoms with Crippen LogP contribution in [0.25, 0.3) is 0 Å². The second-order valence-corrected chi connectivity index (χ2v) is 5.47. The molecule has 0 spiro atoms. The lowest BCUT2D eigenvalue weighted by Crippen LogP contribution is -2.21. The Morgan fingerprint density at radius 3 is 2.17 bits per heavy atom. The molecular formula is C18H19NO5. The molecule has 1 heterocycles. The van der Waals surface area contributed by atoms with E-state index in [1.807, 2.05) is 0 Å². The lowest BCUT2D eigenvalue weighted by Gasteiger charge is -2.07. The fourth-order valence-electron chi connectivity index (χ4n) is 2.28. The third-order valence-corrected chi connectivity index (χ3v) is 3.68. The zero-order chi connectivity index (χ0) is 17.9. The van der Waals surface area contributed by atoms with Crippen molar-refractivity contribution in [3.05, 3.63) is 52.5 Å². The molecular weight excluding hydrogens is 310 g/mol. The van der Waals surface area contributed by atoms with Crippen LogP contribution in [0.5, 0.6) is 0 Å². The minimum atomic E-state index is -0.594. The van der Waals surface area contributed by atoms with E-state index in [1.54, 1.807) is 45.0 Å². The predicted molar refractivity (Wildman–Crippen MR) is 88.3 cm³/mol. The molecule has 0 aliphatic heterocycles. The van der Waals surface area contributed by atoms with Crippen molar-refractivity contribution in [1.82, 2.24) is 0 Å². The molecule has 126 valence electrons. The van der Waals surface area contributed by atoms with Gasteiger partial charge >= 0.3 is 5.97 Å². The molecule has 6 nitrogen and oxygen atoms in total.